The van der Waals surface area contributed by atoms with Gasteiger partial charge in [-0.05, 0) is 27.2 Å². The van der Waals surface area contributed by atoms with E-state index in [1.165, 1.54) is 16.6 Å². The Labute approximate surface area is 120 Å². The number of aromatic nitrogens is 2. The Bertz CT molecular complexity index is 558. The van der Waals surface area contributed by atoms with Crippen LogP contribution in [0.2, 0.25) is 0 Å². The molecule has 1 aliphatic rings. The Morgan fingerprint density at radius 2 is 1.90 bits per heavy atom. The van der Waals surface area contributed by atoms with Crippen molar-refractivity contribution in [3.05, 3.63) is 17.0 Å². The molecular formula is C13H18F3N3O2. The second-order valence-electron chi connectivity index (χ2n) is 6.05. The molecule has 1 aromatic rings. The highest BCUT2D eigenvalue weighted by Crippen LogP contribution is 2.34. The van der Waals surface area contributed by atoms with Crippen molar-refractivity contribution in [2.24, 2.45) is 7.05 Å². The smallest absolute Gasteiger partial charge is 0.435 e. The van der Waals surface area contributed by atoms with Crippen molar-refractivity contribution in [3.63, 3.8) is 0 Å². The zero-order valence-corrected chi connectivity index (χ0v) is 12.4. The van der Waals surface area contributed by atoms with Crippen LogP contribution >= 0.6 is 0 Å². The first-order chi connectivity index (χ1) is 9.49. The number of carbonyl (C=O) groups excluding carboxylic acids is 1. The summed E-state index contributed by atoms with van der Waals surface area (Å²) in [5, 5.41) is 3.54. The predicted octanol–water partition coefficient (Wildman–Crippen LogP) is 2.73. The quantitative estimate of drug-likeness (QED) is 0.740. The number of hydrogen-bond acceptors (Lipinski definition) is 3. The molecule has 0 saturated heterocycles. The van der Waals surface area contributed by atoms with Crippen molar-refractivity contribution < 1.29 is 22.7 Å². The number of aryl methyl sites for hydroxylation is 1. The van der Waals surface area contributed by atoms with E-state index in [1.807, 2.05) is 0 Å². The SMILES string of the molecule is Cn1nc(C(F)(F)F)c2c1CN(C(=O)OC(C)(C)C)CC2. The lowest BCUT2D eigenvalue weighted by Gasteiger charge is -2.30. The fraction of sp³-hybridized carbons (Fsp3) is 0.692. The summed E-state index contributed by atoms with van der Waals surface area (Å²) in [6.07, 6.45) is -4.88. The Kier molecular flexibility index (Phi) is 3.67. The van der Waals surface area contributed by atoms with Gasteiger partial charge in [-0.1, -0.05) is 0 Å². The summed E-state index contributed by atoms with van der Waals surface area (Å²) in [6.45, 7) is 5.49. The van der Waals surface area contributed by atoms with Crippen molar-refractivity contribution in [1.82, 2.24) is 14.7 Å². The van der Waals surface area contributed by atoms with Crippen LogP contribution in [0.25, 0.3) is 0 Å². The van der Waals surface area contributed by atoms with Gasteiger partial charge in [-0.2, -0.15) is 18.3 Å². The van der Waals surface area contributed by atoms with E-state index in [9.17, 15) is 18.0 Å². The van der Waals surface area contributed by atoms with Crippen molar-refractivity contribution in [2.75, 3.05) is 6.54 Å². The fourth-order valence-electron chi connectivity index (χ4n) is 2.28. The second-order valence-corrected chi connectivity index (χ2v) is 6.05. The van der Waals surface area contributed by atoms with E-state index in [2.05, 4.69) is 5.10 Å². The first-order valence-corrected chi connectivity index (χ1v) is 6.59. The van der Waals surface area contributed by atoms with Gasteiger partial charge in [-0.15, -0.1) is 0 Å². The maximum Gasteiger partial charge on any atom is 0.435 e. The minimum absolute atomic E-state index is 0.0732. The van der Waals surface area contributed by atoms with Crippen molar-refractivity contribution >= 4 is 6.09 Å². The van der Waals surface area contributed by atoms with E-state index in [-0.39, 0.29) is 25.1 Å². The summed E-state index contributed by atoms with van der Waals surface area (Å²) in [4.78, 5) is 13.4. The molecule has 2 heterocycles. The predicted molar refractivity (Wildman–Crippen MR) is 68.6 cm³/mol. The van der Waals surface area contributed by atoms with E-state index < -0.39 is 23.6 Å². The van der Waals surface area contributed by atoms with Gasteiger partial charge < -0.3 is 9.64 Å². The van der Waals surface area contributed by atoms with E-state index >= 15 is 0 Å². The zero-order chi connectivity index (χ0) is 16.0. The van der Waals surface area contributed by atoms with Gasteiger partial charge in [0.05, 0.1) is 12.2 Å². The van der Waals surface area contributed by atoms with Crippen molar-refractivity contribution in [3.8, 4) is 0 Å². The third kappa shape index (κ3) is 3.30. The van der Waals surface area contributed by atoms with E-state index in [0.29, 0.717) is 5.69 Å². The molecule has 0 fully saturated rings. The molecule has 0 N–H and O–H groups in total. The monoisotopic (exact) mass is 305 g/mol. The Morgan fingerprint density at radius 1 is 1.29 bits per heavy atom. The van der Waals surface area contributed by atoms with Crippen LogP contribution in [0.1, 0.15) is 37.7 Å². The van der Waals surface area contributed by atoms with Crippen LogP contribution in [0, 0.1) is 0 Å². The van der Waals surface area contributed by atoms with Gasteiger partial charge in [-0.3, -0.25) is 4.68 Å². The van der Waals surface area contributed by atoms with Gasteiger partial charge in [0.2, 0.25) is 0 Å². The van der Waals surface area contributed by atoms with Gasteiger partial charge in [0.1, 0.15) is 5.60 Å². The Balaban J connectivity index is 2.22. The van der Waals surface area contributed by atoms with Crippen LogP contribution in [-0.2, 0) is 30.9 Å². The molecule has 0 unspecified atom stereocenters. The summed E-state index contributed by atoms with van der Waals surface area (Å²) in [5.41, 5.74) is -0.922. The average molecular weight is 305 g/mol. The number of rotatable bonds is 0. The molecule has 0 radical (unpaired) electrons. The van der Waals surface area contributed by atoms with Crippen molar-refractivity contribution in [1.29, 1.82) is 0 Å². The van der Waals surface area contributed by atoms with E-state index in [1.54, 1.807) is 20.8 Å². The molecule has 5 nitrogen and oxygen atoms in total. The molecule has 21 heavy (non-hydrogen) atoms. The number of nitrogens with zero attached hydrogens (tertiary/aromatic N) is 3. The highest BCUT2D eigenvalue weighted by molar-refractivity contribution is 5.68. The molecule has 2 rings (SSSR count). The highest BCUT2D eigenvalue weighted by Gasteiger charge is 2.40. The van der Waals surface area contributed by atoms with Crippen LogP contribution in [0.15, 0.2) is 0 Å². The normalized spacial score (nSPS) is 15.9. The van der Waals surface area contributed by atoms with Gasteiger partial charge >= 0.3 is 12.3 Å². The van der Waals surface area contributed by atoms with Crippen LogP contribution in [-0.4, -0.2) is 32.9 Å². The Hall–Kier alpha value is -1.73. The fourth-order valence-corrected chi connectivity index (χ4v) is 2.28. The largest absolute Gasteiger partial charge is 0.444 e. The lowest BCUT2D eigenvalue weighted by atomic mass is 10.0. The molecule has 118 valence electrons. The number of halogens is 3. The van der Waals surface area contributed by atoms with Gasteiger partial charge in [0, 0.05) is 19.2 Å². The van der Waals surface area contributed by atoms with Crippen LogP contribution in [0.5, 0.6) is 0 Å². The average Bonchev–Trinajstić information content (AvgIpc) is 2.64. The first kappa shape index (κ1) is 15.7. The summed E-state index contributed by atoms with van der Waals surface area (Å²) >= 11 is 0. The maximum atomic E-state index is 12.9. The molecular weight excluding hydrogens is 287 g/mol. The van der Waals surface area contributed by atoms with E-state index in [4.69, 9.17) is 4.74 Å². The number of amides is 1. The highest BCUT2D eigenvalue weighted by atomic mass is 19.4. The molecule has 0 spiro atoms. The lowest BCUT2D eigenvalue weighted by molar-refractivity contribution is -0.142. The molecule has 8 heteroatoms. The molecule has 0 bridgehead atoms. The molecule has 1 aromatic heterocycles. The Morgan fingerprint density at radius 3 is 2.43 bits per heavy atom. The topological polar surface area (TPSA) is 47.4 Å². The number of carbonyl (C=O) groups is 1. The van der Waals surface area contributed by atoms with Gasteiger partial charge in [0.25, 0.3) is 0 Å². The van der Waals surface area contributed by atoms with E-state index in [0.717, 1.165) is 0 Å². The number of alkyl halides is 3. The minimum Gasteiger partial charge on any atom is -0.444 e. The molecule has 0 atom stereocenters. The lowest BCUT2D eigenvalue weighted by Crippen LogP contribution is -2.40. The summed E-state index contributed by atoms with van der Waals surface area (Å²) in [7, 11) is 1.45. The molecule has 0 saturated carbocycles. The first-order valence-electron chi connectivity index (χ1n) is 6.59. The molecule has 0 aromatic carbocycles. The van der Waals surface area contributed by atoms with Crippen LogP contribution < -0.4 is 0 Å². The summed E-state index contributed by atoms with van der Waals surface area (Å²) < 4.78 is 45.1. The molecule has 0 aliphatic carbocycles. The maximum absolute atomic E-state index is 12.9. The van der Waals surface area contributed by atoms with Crippen molar-refractivity contribution in [2.45, 2.75) is 45.5 Å². The van der Waals surface area contributed by atoms with Crippen LogP contribution in [0.4, 0.5) is 18.0 Å². The van der Waals surface area contributed by atoms with Gasteiger partial charge in [0.15, 0.2) is 5.69 Å². The third-order valence-corrected chi connectivity index (χ3v) is 3.17. The molecule has 1 aliphatic heterocycles. The standard InChI is InChI=1S/C13H18F3N3O2/c1-12(2,3)21-11(20)19-6-5-8-9(7-19)18(4)17-10(8)13(14,15)16/h5-7H2,1-4H3. The number of ether oxygens (including phenoxy) is 1. The molecule has 1 amide bonds. The van der Waals surface area contributed by atoms with Gasteiger partial charge in [-0.25, -0.2) is 4.79 Å². The minimum atomic E-state index is -4.47. The zero-order valence-electron chi connectivity index (χ0n) is 12.4. The third-order valence-electron chi connectivity index (χ3n) is 3.17. The summed E-state index contributed by atoms with van der Waals surface area (Å²) in [5.74, 6) is 0. The second kappa shape index (κ2) is 4.92. The number of fused-ring (bicyclic) bond motifs is 1. The summed E-state index contributed by atoms with van der Waals surface area (Å²) in [6, 6.07) is 0. The number of hydrogen-bond donors (Lipinski definition) is 0. The van der Waals surface area contributed by atoms with Crippen LogP contribution in [0.3, 0.4) is 0 Å².